The molecule has 1 saturated heterocycles. The molecule has 6 rings (SSSR count). The van der Waals surface area contributed by atoms with Gasteiger partial charge in [0, 0.05) is 38.8 Å². The highest BCUT2D eigenvalue weighted by atomic mass is 28.3. The number of benzene rings is 1. The van der Waals surface area contributed by atoms with E-state index in [2.05, 4.69) is 56.0 Å². The number of piperidine rings is 1. The van der Waals surface area contributed by atoms with Gasteiger partial charge in [0.05, 0.1) is 17.0 Å². The number of rotatable bonds is 9. The maximum absolute atomic E-state index is 6.12. The van der Waals surface area contributed by atoms with Gasteiger partial charge >= 0.3 is 0 Å². The lowest BCUT2D eigenvalue weighted by Crippen LogP contribution is -2.43. The second-order valence-electron chi connectivity index (χ2n) is 11.5. The Morgan fingerprint density at radius 3 is 2.60 bits per heavy atom. The van der Waals surface area contributed by atoms with Crippen LogP contribution in [0.3, 0.4) is 0 Å². The van der Waals surface area contributed by atoms with Crippen LogP contribution in [0, 0.1) is 0 Å². The number of anilines is 2. The Bertz CT molecular complexity index is 1480. The van der Waals surface area contributed by atoms with Crippen LogP contribution in [0.2, 0.25) is 25.7 Å². The molecule has 1 fully saturated rings. The van der Waals surface area contributed by atoms with E-state index in [0.717, 1.165) is 72.5 Å². The lowest BCUT2D eigenvalue weighted by atomic mass is 10.0. The molecule has 11 heteroatoms. The molecule has 0 bridgehead atoms. The molecule has 208 valence electrons. The maximum atomic E-state index is 6.12. The molecule has 10 nitrogen and oxygen atoms in total. The molecular formula is C29H36N8O2Si. The summed E-state index contributed by atoms with van der Waals surface area (Å²) in [4.78, 5) is 13.6. The van der Waals surface area contributed by atoms with Crippen LogP contribution < -0.4 is 20.4 Å². The number of ether oxygens (including phenoxy) is 2. The van der Waals surface area contributed by atoms with Gasteiger partial charge in [0.15, 0.2) is 11.7 Å². The smallest absolute Gasteiger partial charge is 0.219 e. The van der Waals surface area contributed by atoms with Crippen molar-refractivity contribution in [1.82, 2.24) is 24.8 Å². The molecule has 2 aliphatic rings. The zero-order valence-electron chi connectivity index (χ0n) is 23.3. The molecule has 0 aliphatic carbocycles. The Morgan fingerprint density at radius 1 is 1.02 bits per heavy atom. The number of amidine groups is 1. The van der Waals surface area contributed by atoms with Gasteiger partial charge in [-0.05, 0) is 62.3 Å². The summed E-state index contributed by atoms with van der Waals surface area (Å²) in [5.41, 5.74) is 2.74. The van der Waals surface area contributed by atoms with Crippen LogP contribution in [0.25, 0.3) is 11.0 Å². The van der Waals surface area contributed by atoms with Crippen LogP contribution in [0.4, 0.5) is 11.5 Å². The molecule has 2 aliphatic heterocycles. The third-order valence-corrected chi connectivity index (χ3v) is 8.88. The number of hydrogen-bond donors (Lipinski definition) is 2. The zero-order valence-corrected chi connectivity index (χ0v) is 24.3. The summed E-state index contributed by atoms with van der Waals surface area (Å²) < 4.78 is 14.1. The first-order valence-corrected chi connectivity index (χ1v) is 17.6. The maximum Gasteiger partial charge on any atom is 0.219 e. The van der Waals surface area contributed by atoms with E-state index in [0.29, 0.717) is 18.4 Å². The Balaban J connectivity index is 1.29. The molecule has 0 amide bonds. The van der Waals surface area contributed by atoms with Crippen LogP contribution >= 0.6 is 0 Å². The molecule has 4 aromatic rings. The van der Waals surface area contributed by atoms with Crippen LogP contribution in [0.1, 0.15) is 18.4 Å². The minimum absolute atomic E-state index is 0.259. The summed E-state index contributed by atoms with van der Waals surface area (Å²) >= 11 is 0. The van der Waals surface area contributed by atoms with E-state index in [1.54, 1.807) is 12.5 Å². The topological polar surface area (TPSA) is 102 Å². The zero-order chi connectivity index (χ0) is 27.5. The first-order chi connectivity index (χ1) is 19.4. The van der Waals surface area contributed by atoms with Crippen molar-refractivity contribution < 1.29 is 9.47 Å². The highest BCUT2D eigenvalue weighted by Crippen LogP contribution is 2.36. The fourth-order valence-electron chi connectivity index (χ4n) is 4.98. The summed E-state index contributed by atoms with van der Waals surface area (Å²) in [6, 6.07) is 14.8. The standard InChI is InChI=1S/C29H36N8O2Si/c1-40(2,3)17-16-38-20-36-18-24-26-28(36)32-19-33-29(26)37(22-11-14-30-15-12-22)35-27(24)34-21-7-9-23(10-8-21)39-25-6-4-5-13-31-25/h4-10,13,18-19,22,30H,11-12,14-17,20H2,1-3H3,(H,34,35). The van der Waals surface area contributed by atoms with E-state index >= 15 is 0 Å². The minimum Gasteiger partial charge on any atom is -0.439 e. The minimum atomic E-state index is -1.17. The van der Waals surface area contributed by atoms with Gasteiger partial charge in [0.2, 0.25) is 5.88 Å². The van der Waals surface area contributed by atoms with Gasteiger partial charge in [0.25, 0.3) is 0 Å². The van der Waals surface area contributed by atoms with Crippen molar-refractivity contribution in [2.45, 2.75) is 51.3 Å². The van der Waals surface area contributed by atoms with E-state index in [1.165, 1.54) is 0 Å². The first-order valence-electron chi connectivity index (χ1n) is 13.9. The van der Waals surface area contributed by atoms with Gasteiger partial charge in [-0.3, -0.25) is 0 Å². The fourth-order valence-corrected chi connectivity index (χ4v) is 5.74. The first kappa shape index (κ1) is 26.4. The number of hydrazone groups is 1. The monoisotopic (exact) mass is 556 g/mol. The van der Waals surface area contributed by atoms with Gasteiger partial charge in [-0.25, -0.2) is 20.0 Å². The highest BCUT2D eigenvalue weighted by molar-refractivity contribution is 6.76. The fraction of sp³-hybridized carbons (Fsp3) is 0.379. The van der Waals surface area contributed by atoms with Gasteiger partial charge in [-0.2, -0.15) is 5.10 Å². The Morgan fingerprint density at radius 2 is 1.85 bits per heavy atom. The second kappa shape index (κ2) is 11.4. The largest absolute Gasteiger partial charge is 0.439 e. The third kappa shape index (κ3) is 5.86. The lowest BCUT2D eigenvalue weighted by Gasteiger charge is -2.34. The highest BCUT2D eigenvalue weighted by Gasteiger charge is 2.32. The van der Waals surface area contributed by atoms with E-state index in [-0.39, 0.29) is 6.04 Å². The summed E-state index contributed by atoms with van der Waals surface area (Å²) in [5.74, 6) is 2.90. The molecule has 3 aromatic heterocycles. The molecule has 0 saturated carbocycles. The van der Waals surface area contributed by atoms with E-state index < -0.39 is 8.07 Å². The predicted octanol–water partition coefficient (Wildman–Crippen LogP) is 5.28. The van der Waals surface area contributed by atoms with Crippen LogP contribution in [-0.4, -0.2) is 59.2 Å². The van der Waals surface area contributed by atoms with Crippen molar-refractivity contribution in [2.75, 3.05) is 30.0 Å². The summed E-state index contributed by atoms with van der Waals surface area (Å²) in [6.45, 7) is 10.2. The van der Waals surface area contributed by atoms with Crippen LogP contribution in [0.15, 0.2) is 66.3 Å². The second-order valence-corrected chi connectivity index (χ2v) is 17.1. The van der Waals surface area contributed by atoms with E-state index in [9.17, 15) is 0 Å². The number of pyridine rings is 1. The van der Waals surface area contributed by atoms with E-state index in [4.69, 9.17) is 19.6 Å². The number of nitrogens with zero attached hydrogens (tertiary/aromatic N) is 6. The molecule has 40 heavy (non-hydrogen) atoms. The van der Waals surface area contributed by atoms with Crippen molar-refractivity contribution in [3.05, 3.63) is 66.7 Å². The van der Waals surface area contributed by atoms with Gasteiger partial charge in [-0.15, -0.1) is 0 Å². The molecule has 1 aromatic carbocycles. The molecule has 0 unspecified atom stereocenters. The van der Waals surface area contributed by atoms with Gasteiger partial charge in [0.1, 0.15) is 24.5 Å². The molecule has 5 heterocycles. The van der Waals surface area contributed by atoms with Crippen molar-refractivity contribution >= 4 is 36.4 Å². The van der Waals surface area contributed by atoms with Crippen molar-refractivity contribution in [3.63, 3.8) is 0 Å². The molecule has 0 spiro atoms. The number of aromatic nitrogens is 4. The van der Waals surface area contributed by atoms with Crippen molar-refractivity contribution in [3.8, 4) is 11.6 Å². The predicted molar refractivity (Wildman–Crippen MR) is 161 cm³/mol. The summed E-state index contributed by atoms with van der Waals surface area (Å²) in [5, 5.41) is 15.2. The van der Waals surface area contributed by atoms with Gasteiger partial charge in [-0.1, -0.05) is 25.7 Å². The van der Waals surface area contributed by atoms with Crippen molar-refractivity contribution in [1.29, 1.82) is 0 Å². The summed E-state index contributed by atoms with van der Waals surface area (Å²) in [6.07, 6.45) is 7.44. The average molecular weight is 557 g/mol. The Kier molecular flexibility index (Phi) is 7.50. The molecule has 0 atom stereocenters. The lowest BCUT2D eigenvalue weighted by molar-refractivity contribution is 0.0898. The van der Waals surface area contributed by atoms with Crippen LogP contribution in [-0.2, 0) is 11.5 Å². The van der Waals surface area contributed by atoms with Crippen LogP contribution in [0.5, 0.6) is 11.6 Å². The third-order valence-electron chi connectivity index (χ3n) is 7.17. The Labute approximate surface area is 235 Å². The Hall–Kier alpha value is -3.80. The summed E-state index contributed by atoms with van der Waals surface area (Å²) in [7, 11) is -1.17. The number of hydrogen-bond acceptors (Lipinski definition) is 9. The normalized spacial score (nSPS) is 15.8. The quantitative estimate of drug-likeness (QED) is 0.212. The van der Waals surface area contributed by atoms with E-state index in [1.807, 2.05) is 42.5 Å². The molecular weight excluding hydrogens is 520 g/mol. The SMILES string of the molecule is C[Si](C)(C)CCOCn1cc2c3c(ncnc31)N(C1CCNCC1)N=C2Nc1ccc(Oc2ccccn2)cc1. The number of nitrogens with one attached hydrogen (secondary N) is 2. The molecule has 2 N–H and O–H groups in total. The van der Waals surface area contributed by atoms with Gasteiger partial charge < -0.3 is 24.7 Å². The van der Waals surface area contributed by atoms with Crippen molar-refractivity contribution in [2.24, 2.45) is 5.10 Å². The average Bonchev–Trinajstić information content (AvgIpc) is 3.34. The molecule has 0 radical (unpaired) electrons.